The molecule has 0 atom stereocenters. The molecule has 1 N–H and O–H groups in total. The second-order valence-corrected chi connectivity index (χ2v) is 6.88. The standard InChI is InChI=1S/C14H21N3O2S/c1-14(2,3)15-13(19)17-8-6-16(7-9-17)12(18)11-5-4-10-20-11/h4-5,10H,6-9H2,1-3H3,(H,15,19). The molecule has 0 saturated carbocycles. The van der Waals surface area contributed by atoms with Gasteiger partial charge in [0, 0.05) is 31.7 Å². The van der Waals surface area contributed by atoms with E-state index >= 15 is 0 Å². The molecule has 1 aliphatic heterocycles. The van der Waals surface area contributed by atoms with Crippen LogP contribution >= 0.6 is 11.3 Å². The topological polar surface area (TPSA) is 52.7 Å². The number of amides is 3. The minimum atomic E-state index is -0.235. The summed E-state index contributed by atoms with van der Waals surface area (Å²) < 4.78 is 0. The predicted octanol–water partition coefficient (Wildman–Crippen LogP) is 2.01. The highest BCUT2D eigenvalue weighted by atomic mass is 32.1. The highest BCUT2D eigenvalue weighted by Gasteiger charge is 2.26. The number of rotatable bonds is 1. The number of carbonyl (C=O) groups excluding carboxylic acids is 2. The van der Waals surface area contributed by atoms with Gasteiger partial charge in [-0.15, -0.1) is 11.3 Å². The van der Waals surface area contributed by atoms with E-state index in [0.29, 0.717) is 26.2 Å². The first-order chi connectivity index (χ1) is 9.37. The lowest BCUT2D eigenvalue weighted by Crippen LogP contribution is -2.55. The normalized spacial score (nSPS) is 16.1. The molecule has 0 radical (unpaired) electrons. The summed E-state index contributed by atoms with van der Waals surface area (Å²) in [5, 5.41) is 4.85. The molecule has 6 heteroatoms. The molecule has 5 nitrogen and oxygen atoms in total. The van der Waals surface area contributed by atoms with Gasteiger partial charge >= 0.3 is 6.03 Å². The van der Waals surface area contributed by atoms with Crippen LogP contribution in [-0.4, -0.2) is 53.5 Å². The van der Waals surface area contributed by atoms with Gasteiger partial charge < -0.3 is 15.1 Å². The van der Waals surface area contributed by atoms with Gasteiger partial charge in [-0.05, 0) is 32.2 Å². The maximum atomic E-state index is 12.2. The summed E-state index contributed by atoms with van der Waals surface area (Å²) in [6.07, 6.45) is 0. The van der Waals surface area contributed by atoms with Crippen LogP contribution in [0.15, 0.2) is 17.5 Å². The second-order valence-electron chi connectivity index (χ2n) is 5.94. The van der Waals surface area contributed by atoms with Crippen molar-refractivity contribution in [3.8, 4) is 0 Å². The number of carbonyl (C=O) groups is 2. The number of nitrogens with one attached hydrogen (secondary N) is 1. The van der Waals surface area contributed by atoms with Gasteiger partial charge in [0.05, 0.1) is 4.88 Å². The van der Waals surface area contributed by atoms with E-state index in [1.54, 1.807) is 4.90 Å². The third-order valence-electron chi connectivity index (χ3n) is 3.07. The number of thiophene rings is 1. The molecule has 0 aromatic carbocycles. The maximum absolute atomic E-state index is 12.2. The summed E-state index contributed by atoms with van der Waals surface area (Å²) in [5.41, 5.74) is -0.235. The lowest BCUT2D eigenvalue weighted by Gasteiger charge is -2.36. The molecule has 2 heterocycles. The Hall–Kier alpha value is -1.56. The maximum Gasteiger partial charge on any atom is 0.317 e. The quantitative estimate of drug-likeness (QED) is 0.861. The van der Waals surface area contributed by atoms with Crippen LogP contribution in [0.2, 0.25) is 0 Å². The Morgan fingerprint density at radius 3 is 2.25 bits per heavy atom. The Balaban J connectivity index is 1.86. The monoisotopic (exact) mass is 295 g/mol. The zero-order valence-electron chi connectivity index (χ0n) is 12.2. The molecule has 0 unspecified atom stereocenters. The summed E-state index contributed by atoms with van der Waals surface area (Å²) >= 11 is 1.46. The van der Waals surface area contributed by atoms with Crippen molar-refractivity contribution < 1.29 is 9.59 Å². The summed E-state index contributed by atoms with van der Waals surface area (Å²) in [5.74, 6) is 0.0656. The summed E-state index contributed by atoms with van der Waals surface area (Å²) in [4.78, 5) is 28.6. The van der Waals surface area contributed by atoms with Crippen LogP contribution in [0.25, 0.3) is 0 Å². The zero-order valence-corrected chi connectivity index (χ0v) is 13.0. The molecule has 3 amide bonds. The number of hydrogen-bond donors (Lipinski definition) is 1. The van der Waals surface area contributed by atoms with E-state index in [-0.39, 0.29) is 17.5 Å². The van der Waals surface area contributed by atoms with E-state index in [2.05, 4.69) is 5.32 Å². The average Bonchev–Trinajstić information content (AvgIpc) is 2.90. The van der Waals surface area contributed by atoms with Gasteiger partial charge in [-0.25, -0.2) is 4.79 Å². The third-order valence-corrected chi connectivity index (χ3v) is 3.93. The van der Waals surface area contributed by atoms with E-state index in [1.165, 1.54) is 11.3 Å². The predicted molar refractivity (Wildman–Crippen MR) is 80.1 cm³/mol. The van der Waals surface area contributed by atoms with Crippen LogP contribution in [-0.2, 0) is 0 Å². The van der Waals surface area contributed by atoms with Crippen molar-refractivity contribution in [3.63, 3.8) is 0 Å². The van der Waals surface area contributed by atoms with Crippen molar-refractivity contribution >= 4 is 23.3 Å². The number of hydrogen-bond acceptors (Lipinski definition) is 3. The Labute approximate surface area is 123 Å². The molecule has 0 aliphatic carbocycles. The SMILES string of the molecule is CC(C)(C)NC(=O)N1CCN(C(=O)c2cccs2)CC1. The highest BCUT2D eigenvalue weighted by molar-refractivity contribution is 7.12. The zero-order chi connectivity index (χ0) is 14.8. The van der Waals surface area contributed by atoms with Gasteiger partial charge in [-0.1, -0.05) is 6.07 Å². The molecule has 2 rings (SSSR count). The first-order valence-corrected chi connectivity index (χ1v) is 7.65. The Bertz CT molecular complexity index is 471. The molecule has 1 aromatic rings. The Kier molecular flexibility index (Phi) is 4.32. The molecule has 0 spiro atoms. The van der Waals surface area contributed by atoms with Crippen LogP contribution < -0.4 is 5.32 Å². The first-order valence-electron chi connectivity index (χ1n) is 6.77. The molecule has 1 aromatic heterocycles. The third kappa shape index (κ3) is 3.72. The van der Waals surface area contributed by atoms with Gasteiger partial charge in [0.1, 0.15) is 0 Å². The van der Waals surface area contributed by atoms with Crippen molar-refractivity contribution in [2.45, 2.75) is 26.3 Å². The fourth-order valence-electron chi connectivity index (χ4n) is 2.07. The van der Waals surface area contributed by atoms with Crippen LogP contribution in [0.1, 0.15) is 30.4 Å². The fraction of sp³-hybridized carbons (Fsp3) is 0.571. The van der Waals surface area contributed by atoms with Crippen LogP contribution in [0.5, 0.6) is 0 Å². The second kappa shape index (κ2) is 5.83. The van der Waals surface area contributed by atoms with Crippen molar-refractivity contribution in [2.75, 3.05) is 26.2 Å². The van der Waals surface area contributed by atoms with Gasteiger partial charge in [-0.3, -0.25) is 4.79 Å². The molecule has 1 fully saturated rings. The van der Waals surface area contributed by atoms with Crippen LogP contribution in [0.4, 0.5) is 4.79 Å². The molecule has 110 valence electrons. The van der Waals surface area contributed by atoms with Gasteiger partial charge in [0.25, 0.3) is 5.91 Å². The van der Waals surface area contributed by atoms with Gasteiger partial charge in [-0.2, -0.15) is 0 Å². The number of piperazine rings is 1. The largest absolute Gasteiger partial charge is 0.334 e. The lowest BCUT2D eigenvalue weighted by atomic mass is 10.1. The molecule has 20 heavy (non-hydrogen) atoms. The van der Waals surface area contributed by atoms with E-state index < -0.39 is 0 Å². The number of urea groups is 1. The first kappa shape index (κ1) is 14.8. The van der Waals surface area contributed by atoms with Crippen molar-refractivity contribution in [1.82, 2.24) is 15.1 Å². The van der Waals surface area contributed by atoms with Crippen molar-refractivity contribution in [3.05, 3.63) is 22.4 Å². The molecule has 0 bridgehead atoms. The molecule has 1 aliphatic rings. The molecular formula is C14H21N3O2S. The van der Waals surface area contributed by atoms with Crippen molar-refractivity contribution in [1.29, 1.82) is 0 Å². The lowest BCUT2D eigenvalue weighted by molar-refractivity contribution is 0.0666. The van der Waals surface area contributed by atoms with Crippen LogP contribution in [0, 0.1) is 0 Å². The number of nitrogens with zero attached hydrogens (tertiary/aromatic N) is 2. The molecule has 1 saturated heterocycles. The fourth-order valence-corrected chi connectivity index (χ4v) is 2.76. The summed E-state index contributed by atoms with van der Waals surface area (Å²) in [6.45, 7) is 8.23. The smallest absolute Gasteiger partial charge is 0.317 e. The van der Waals surface area contributed by atoms with Crippen LogP contribution in [0.3, 0.4) is 0 Å². The van der Waals surface area contributed by atoms with E-state index in [0.717, 1.165) is 4.88 Å². The van der Waals surface area contributed by atoms with E-state index in [9.17, 15) is 9.59 Å². The summed E-state index contributed by atoms with van der Waals surface area (Å²) in [6, 6.07) is 3.66. The minimum absolute atomic E-state index is 0.0549. The Morgan fingerprint density at radius 1 is 1.15 bits per heavy atom. The highest BCUT2D eigenvalue weighted by Crippen LogP contribution is 2.14. The average molecular weight is 295 g/mol. The van der Waals surface area contributed by atoms with Gasteiger partial charge in [0.2, 0.25) is 0 Å². The Morgan fingerprint density at radius 2 is 1.75 bits per heavy atom. The van der Waals surface area contributed by atoms with Crippen molar-refractivity contribution in [2.24, 2.45) is 0 Å². The molecular weight excluding hydrogens is 274 g/mol. The van der Waals surface area contributed by atoms with Gasteiger partial charge in [0.15, 0.2) is 0 Å². The van der Waals surface area contributed by atoms with E-state index in [4.69, 9.17) is 0 Å². The van der Waals surface area contributed by atoms with E-state index in [1.807, 2.05) is 43.2 Å². The summed E-state index contributed by atoms with van der Waals surface area (Å²) in [7, 11) is 0. The minimum Gasteiger partial charge on any atom is -0.334 e.